The number of ether oxygens (including phenoxy) is 1. The lowest BCUT2D eigenvalue weighted by molar-refractivity contribution is 0.0937. The van der Waals surface area contributed by atoms with E-state index in [0.717, 1.165) is 0 Å². The number of aromatic amines is 1. The van der Waals surface area contributed by atoms with Crippen LogP contribution in [0.15, 0.2) is 34.4 Å². The van der Waals surface area contributed by atoms with Crippen molar-refractivity contribution >= 4 is 32.9 Å². The molecule has 1 N–H and O–H groups in total. The predicted molar refractivity (Wildman–Crippen MR) is 137 cm³/mol. The van der Waals surface area contributed by atoms with Gasteiger partial charge in [0, 0.05) is 55.1 Å². The maximum Gasteiger partial charge on any atom is 0.340 e. The Bertz CT molecular complexity index is 1440. The number of amides is 2. The van der Waals surface area contributed by atoms with E-state index >= 15 is 0 Å². The van der Waals surface area contributed by atoms with Crippen LogP contribution in [-0.2, 0) is 14.8 Å². The van der Waals surface area contributed by atoms with Crippen molar-refractivity contribution in [1.29, 1.82) is 5.26 Å². The second-order valence-corrected chi connectivity index (χ2v) is 11.4. The van der Waals surface area contributed by atoms with Crippen LogP contribution in [-0.4, -0.2) is 96.0 Å². The molecule has 0 spiro atoms. The van der Waals surface area contributed by atoms with Crippen molar-refractivity contribution in [3.63, 3.8) is 0 Å². The maximum atomic E-state index is 13.5. The Labute approximate surface area is 216 Å². The smallest absolute Gasteiger partial charge is 0.340 e. The number of likely N-dealkylation sites (N-methyl/N-ethyl adjacent to an activating group) is 1. The molecule has 2 fully saturated rings. The number of hydrazone groups is 1. The minimum Gasteiger partial charge on any atom is -0.460 e. The van der Waals surface area contributed by atoms with Crippen LogP contribution in [0.5, 0.6) is 0 Å². The molecule has 3 atom stereocenters. The number of terminal acetylenes is 1. The fourth-order valence-electron chi connectivity index (χ4n) is 5.13. The van der Waals surface area contributed by atoms with Crippen LogP contribution >= 0.6 is 0 Å². The Morgan fingerprint density at radius 1 is 1.30 bits per heavy atom. The lowest BCUT2D eigenvalue weighted by atomic mass is 10.1. The average molecular weight is 524 g/mol. The van der Waals surface area contributed by atoms with Crippen molar-refractivity contribution < 1.29 is 17.9 Å². The van der Waals surface area contributed by atoms with Crippen LogP contribution in [0.1, 0.15) is 31.7 Å². The van der Waals surface area contributed by atoms with Gasteiger partial charge >= 0.3 is 6.03 Å². The number of benzene rings is 1. The molecule has 0 aliphatic carbocycles. The first-order chi connectivity index (χ1) is 17.7. The Balaban J connectivity index is 1.35. The zero-order valence-corrected chi connectivity index (χ0v) is 21.6. The molecule has 2 aromatic rings. The van der Waals surface area contributed by atoms with E-state index in [1.807, 2.05) is 14.0 Å². The van der Waals surface area contributed by atoms with Crippen LogP contribution in [0.25, 0.3) is 10.9 Å². The van der Waals surface area contributed by atoms with Gasteiger partial charge in [0.1, 0.15) is 5.03 Å². The molecule has 1 aromatic carbocycles. The van der Waals surface area contributed by atoms with E-state index in [9.17, 15) is 18.5 Å². The first-order valence-corrected chi connectivity index (χ1v) is 13.7. The van der Waals surface area contributed by atoms with Gasteiger partial charge in [-0.3, -0.25) is 4.90 Å². The molecule has 2 amide bonds. The molecule has 3 aliphatic heterocycles. The number of H-pyrrole nitrogens is 1. The number of fused-ring (bicyclic) bond motifs is 2. The molecule has 12 heteroatoms. The van der Waals surface area contributed by atoms with E-state index in [4.69, 9.17) is 11.2 Å². The summed E-state index contributed by atoms with van der Waals surface area (Å²) in [6.07, 6.45) is 6.62. The van der Waals surface area contributed by atoms with E-state index < -0.39 is 16.1 Å². The molecule has 194 valence electrons. The van der Waals surface area contributed by atoms with Crippen LogP contribution in [0.3, 0.4) is 0 Å². The second-order valence-electron chi connectivity index (χ2n) is 9.52. The van der Waals surface area contributed by atoms with E-state index in [1.165, 1.54) is 9.31 Å². The molecule has 0 bridgehead atoms. The van der Waals surface area contributed by atoms with Gasteiger partial charge in [-0.2, -0.15) is 9.57 Å². The Morgan fingerprint density at radius 3 is 2.86 bits per heavy atom. The summed E-state index contributed by atoms with van der Waals surface area (Å²) in [4.78, 5) is 20.2. The summed E-state index contributed by atoms with van der Waals surface area (Å²) >= 11 is 0. The van der Waals surface area contributed by atoms with Gasteiger partial charge in [0.05, 0.1) is 12.1 Å². The highest BCUT2D eigenvalue weighted by Crippen LogP contribution is 2.28. The van der Waals surface area contributed by atoms with Crippen molar-refractivity contribution in [3.05, 3.63) is 29.8 Å². The van der Waals surface area contributed by atoms with Gasteiger partial charge in [-0.25, -0.2) is 18.2 Å². The van der Waals surface area contributed by atoms with Crippen LogP contribution in [0.4, 0.5) is 4.79 Å². The number of carbonyl (C=O) groups is 1. The molecule has 0 radical (unpaired) electrons. The number of urea groups is 1. The number of piperazine rings is 1. The number of hydrogen-bond donors (Lipinski definition) is 1. The normalized spacial score (nSPS) is 24.8. The summed E-state index contributed by atoms with van der Waals surface area (Å²) in [5, 5.41) is 15.8. The van der Waals surface area contributed by atoms with Crippen LogP contribution in [0.2, 0.25) is 0 Å². The van der Waals surface area contributed by atoms with Crippen LogP contribution < -0.4 is 0 Å². The van der Waals surface area contributed by atoms with Gasteiger partial charge in [0.25, 0.3) is 10.0 Å². The number of nitrogens with zero attached hydrogens (tertiary/aromatic N) is 6. The van der Waals surface area contributed by atoms with Gasteiger partial charge < -0.3 is 14.6 Å². The second kappa shape index (κ2) is 9.71. The van der Waals surface area contributed by atoms with Gasteiger partial charge in [-0.1, -0.05) is 5.92 Å². The topological polar surface area (TPSA) is 125 Å². The highest BCUT2D eigenvalue weighted by atomic mass is 32.2. The Morgan fingerprint density at radius 2 is 2.11 bits per heavy atom. The van der Waals surface area contributed by atoms with E-state index in [0.29, 0.717) is 41.8 Å². The highest BCUT2D eigenvalue weighted by molar-refractivity contribution is 7.89. The lowest BCUT2D eigenvalue weighted by Crippen LogP contribution is -2.59. The fourth-order valence-corrected chi connectivity index (χ4v) is 6.61. The van der Waals surface area contributed by atoms with E-state index in [-0.39, 0.29) is 49.4 Å². The molecule has 11 nitrogen and oxygen atoms in total. The highest BCUT2D eigenvalue weighted by Gasteiger charge is 2.42. The lowest BCUT2D eigenvalue weighted by Gasteiger charge is -2.42. The summed E-state index contributed by atoms with van der Waals surface area (Å²) < 4.78 is 34.2. The van der Waals surface area contributed by atoms with Gasteiger partial charge in [0.2, 0.25) is 5.90 Å². The van der Waals surface area contributed by atoms with Gasteiger partial charge in [0.15, 0.2) is 6.23 Å². The third-order valence-corrected chi connectivity index (χ3v) is 9.14. The molecule has 3 unspecified atom stereocenters. The van der Waals surface area contributed by atoms with Crippen molar-refractivity contribution in [1.82, 2.24) is 24.1 Å². The summed E-state index contributed by atoms with van der Waals surface area (Å²) in [5.74, 6) is 3.08. The number of carbonyl (C=O) groups excluding carboxylic acids is 1. The molecule has 2 saturated heterocycles. The fraction of sp³-hybridized carbons (Fsp3) is 0.480. The predicted octanol–water partition coefficient (Wildman–Crippen LogP) is 1.94. The first-order valence-electron chi connectivity index (χ1n) is 12.2. The average Bonchev–Trinajstić information content (AvgIpc) is 3.46. The van der Waals surface area contributed by atoms with E-state index in [2.05, 4.69) is 27.0 Å². The number of sulfonamides is 1. The number of nitrogens with one attached hydrogen (secondary N) is 1. The molecule has 37 heavy (non-hydrogen) atoms. The quantitative estimate of drug-likeness (QED) is 0.611. The standard InChI is InChI=1S/C25H29N7O4S/c1-4-18-7-8-21-19(14-18)15-23(27-21)37(34,35)30-12-13-31(20(16-30)6-5-10-26)25(33)32-11-9-22-24(28-32)36-17(2)29(22)3/h1,7-8,14-15,17,20,22,27H,5-6,9,11-13,16H2,2-3H3. The van der Waals surface area contributed by atoms with Crippen molar-refractivity contribution in [2.24, 2.45) is 5.10 Å². The molecule has 1 aromatic heterocycles. The largest absolute Gasteiger partial charge is 0.460 e. The third kappa shape index (κ3) is 4.53. The number of aromatic nitrogens is 1. The van der Waals surface area contributed by atoms with Crippen LogP contribution in [0, 0.1) is 23.7 Å². The van der Waals surface area contributed by atoms with E-state index in [1.54, 1.807) is 29.2 Å². The first kappa shape index (κ1) is 25.1. The van der Waals surface area contributed by atoms with Crippen molar-refractivity contribution in [3.8, 4) is 18.4 Å². The zero-order chi connectivity index (χ0) is 26.3. The maximum absolute atomic E-state index is 13.5. The summed E-state index contributed by atoms with van der Waals surface area (Å²) in [5.41, 5.74) is 1.33. The number of nitriles is 1. The zero-order valence-electron chi connectivity index (χ0n) is 20.8. The molecular formula is C25H29N7O4S. The minimum absolute atomic E-state index is 0.0449. The summed E-state index contributed by atoms with van der Waals surface area (Å²) in [6, 6.07) is 8.24. The molecule has 3 aliphatic rings. The van der Waals surface area contributed by atoms with Gasteiger partial charge in [-0.15, -0.1) is 11.5 Å². The Hall–Kier alpha value is -3.58. The molecule has 4 heterocycles. The molecule has 5 rings (SSSR count). The molecular weight excluding hydrogens is 494 g/mol. The monoisotopic (exact) mass is 523 g/mol. The van der Waals surface area contributed by atoms with Crippen molar-refractivity contribution in [2.45, 2.75) is 49.5 Å². The van der Waals surface area contributed by atoms with Crippen molar-refractivity contribution in [2.75, 3.05) is 33.2 Å². The summed E-state index contributed by atoms with van der Waals surface area (Å²) in [7, 11) is -1.89. The SMILES string of the molecule is C#Cc1ccc2[nH]c(S(=O)(=O)N3CCN(C(=O)N4CCC5C(=N4)OC(C)N5C)C(CCC#N)C3)cc2c1. The minimum atomic E-state index is -3.86. The number of hydrogen-bond acceptors (Lipinski definition) is 7. The summed E-state index contributed by atoms with van der Waals surface area (Å²) in [6.45, 7) is 2.78. The number of rotatable bonds is 4. The van der Waals surface area contributed by atoms with Gasteiger partial charge in [-0.05, 0) is 51.1 Å². The molecule has 0 saturated carbocycles. The third-order valence-electron chi connectivity index (χ3n) is 7.36. The Kier molecular flexibility index (Phi) is 6.58.